The minimum Gasteiger partial charge on any atom is -0.497 e. The molecular weight excluding hydrogens is 532 g/mol. The fourth-order valence-electron chi connectivity index (χ4n) is 4.34. The first kappa shape index (κ1) is 27.2. The van der Waals surface area contributed by atoms with Gasteiger partial charge in [-0.05, 0) is 86.0 Å². The zero-order valence-corrected chi connectivity index (χ0v) is 22.9. The molecule has 1 aliphatic heterocycles. The Bertz CT molecular complexity index is 1570. The monoisotopic (exact) mass is 560 g/mol. The molecule has 1 fully saturated rings. The molecule has 206 valence electrons. The van der Waals surface area contributed by atoms with Gasteiger partial charge in [-0.2, -0.15) is 9.78 Å². The van der Waals surface area contributed by atoms with Crippen LogP contribution in [0.2, 0.25) is 5.02 Å². The Morgan fingerprint density at radius 3 is 2.65 bits per heavy atom. The van der Waals surface area contributed by atoms with Gasteiger partial charge >= 0.3 is 0 Å². The molecule has 1 aliphatic rings. The predicted molar refractivity (Wildman–Crippen MR) is 154 cm³/mol. The van der Waals surface area contributed by atoms with Crippen LogP contribution in [0, 0.1) is 6.92 Å². The maximum Gasteiger partial charge on any atom is 0.299 e. The van der Waals surface area contributed by atoms with Crippen molar-refractivity contribution in [2.45, 2.75) is 25.9 Å². The summed E-state index contributed by atoms with van der Waals surface area (Å²) >= 11 is 6.18. The molecule has 0 spiro atoms. The maximum atomic E-state index is 13.7. The molecule has 1 amide bonds. The molecule has 2 heterocycles. The van der Waals surface area contributed by atoms with Gasteiger partial charge in [0.2, 0.25) is 0 Å². The van der Waals surface area contributed by atoms with Crippen LogP contribution >= 0.6 is 11.6 Å². The van der Waals surface area contributed by atoms with Gasteiger partial charge in [0.25, 0.3) is 11.5 Å². The van der Waals surface area contributed by atoms with Crippen LogP contribution in [0.1, 0.15) is 28.8 Å². The average Bonchev–Trinajstić information content (AvgIpc) is 3.50. The van der Waals surface area contributed by atoms with Crippen molar-refractivity contribution in [3.05, 3.63) is 99.4 Å². The molecular formula is C30H29ClN4O5. The van der Waals surface area contributed by atoms with Gasteiger partial charge in [-0.3, -0.25) is 9.59 Å². The van der Waals surface area contributed by atoms with Crippen molar-refractivity contribution in [3.8, 4) is 22.9 Å². The fourth-order valence-corrected chi connectivity index (χ4v) is 4.46. The highest BCUT2D eigenvalue weighted by Gasteiger charge is 2.19. The van der Waals surface area contributed by atoms with Gasteiger partial charge in [0.1, 0.15) is 11.5 Å². The molecule has 40 heavy (non-hydrogen) atoms. The van der Waals surface area contributed by atoms with Crippen molar-refractivity contribution < 1.29 is 19.0 Å². The van der Waals surface area contributed by atoms with E-state index in [9.17, 15) is 9.59 Å². The molecule has 0 radical (unpaired) electrons. The summed E-state index contributed by atoms with van der Waals surface area (Å²) in [5, 5.41) is 11.0. The Kier molecular flexibility index (Phi) is 8.33. The summed E-state index contributed by atoms with van der Waals surface area (Å²) < 4.78 is 18.2. The van der Waals surface area contributed by atoms with E-state index in [-0.39, 0.29) is 23.4 Å². The van der Waals surface area contributed by atoms with Crippen LogP contribution in [-0.4, -0.2) is 42.1 Å². The van der Waals surface area contributed by atoms with E-state index in [1.165, 1.54) is 10.9 Å². The number of hydrogen-bond acceptors (Lipinski definition) is 7. The third-order valence-electron chi connectivity index (χ3n) is 6.53. The summed E-state index contributed by atoms with van der Waals surface area (Å²) in [7, 11) is 1.57. The minimum atomic E-state index is -0.443. The number of anilines is 2. The van der Waals surface area contributed by atoms with E-state index in [0.717, 1.165) is 25.0 Å². The van der Waals surface area contributed by atoms with Crippen LogP contribution in [-0.2, 0) is 4.74 Å². The maximum absolute atomic E-state index is 13.7. The Balaban J connectivity index is 1.47. The fraction of sp³-hybridized carbons (Fsp3) is 0.233. The van der Waals surface area contributed by atoms with Crippen LogP contribution < -0.4 is 25.7 Å². The van der Waals surface area contributed by atoms with E-state index >= 15 is 0 Å². The molecule has 1 atom stereocenters. The topological polar surface area (TPSA) is 104 Å². The number of aryl methyl sites for hydroxylation is 1. The second kappa shape index (κ2) is 12.2. The van der Waals surface area contributed by atoms with E-state index in [4.69, 9.17) is 25.8 Å². The summed E-state index contributed by atoms with van der Waals surface area (Å²) in [6, 6.07) is 19.1. The molecule has 9 nitrogen and oxygen atoms in total. The zero-order valence-electron chi connectivity index (χ0n) is 22.1. The van der Waals surface area contributed by atoms with Gasteiger partial charge in [-0.25, -0.2) is 0 Å². The summed E-state index contributed by atoms with van der Waals surface area (Å²) in [6.45, 7) is 3.04. The Morgan fingerprint density at radius 1 is 1.12 bits per heavy atom. The molecule has 4 aromatic rings. The number of amides is 1. The molecule has 5 rings (SSSR count). The number of rotatable bonds is 9. The van der Waals surface area contributed by atoms with E-state index in [2.05, 4.69) is 15.7 Å². The van der Waals surface area contributed by atoms with Gasteiger partial charge in [0, 0.05) is 29.4 Å². The number of nitrogens with one attached hydrogen (secondary N) is 2. The highest BCUT2D eigenvalue weighted by atomic mass is 35.5. The predicted octanol–water partition coefficient (Wildman–Crippen LogP) is 5.65. The molecule has 10 heteroatoms. The summed E-state index contributed by atoms with van der Waals surface area (Å²) in [4.78, 5) is 26.6. The van der Waals surface area contributed by atoms with Crippen LogP contribution in [0.4, 0.5) is 11.4 Å². The van der Waals surface area contributed by atoms with Crippen LogP contribution in [0.15, 0.2) is 77.7 Å². The number of nitrogens with zero attached hydrogens (tertiary/aromatic N) is 2. The first-order chi connectivity index (χ1) is 19.4. The van der Waals surface area contributed by atoms with Crippen LogP contribution in [0.25, 0.3) is 5.69 Å². The van der Waals surface area contributed by atoms with Gasteiger partial charge in [0.15, 0.2) is 11.4 Å². The Labute approximate surface area is 236 Å². The number of carbonyl (C=O) groups is 1. The molecule has 0 saturated carbocycles. The molecule has 0 bridgehead atoms. The molecule has 2 N–H and O–H groups in total. The number of halogens is 1. The zero-order chi connectivity index (χ0) is 28.1. The van der Waals surface area contributed by atoms with E-state index < -0.39 is 5.56 Å². The normalized spacial score (nSPS) is 14.5. The molecule has 1 saturated heterocycles. The third kappa shape index (κ3) is 6.27. The smallest absolute Gasteiger partial charge is 0.299 e. The lowest BCUT2D eigenvalue weighted by molar-refractivity contribution is 0.0858. The van der Waals surface area contributed by atoms with Crippen molar-refractivity contribution in [2.75, 3.05) is 25.6 Å². The Hall–Kier alpha value is -4.34. The van der Waals surface area contributed by atoms with E-state index in [1.54, 1.807) is 73.8 Å². The van der Waals surface area contributed by atoms with Gasteiger partial charge in [0.05, 0.1) is 25.1 Å². The van der Waals surface area contributed by atoms with Crippen molar-refractivity contribution in [1.82, 2.24) is 15.1 Å². The SMILES string of the molecule is COc1ccc(-n2ncc(Oc3ccc(Cl)c(C)c3)c(Nc3cccc(C(=O)NCC4CCCO4)c3)c2=O)cc1. The largest absolute Gasteiger partial charge is 0.497 e. The lowest BCUT2D eigenvalue weighted by Gasteiger charge is -2.16. The summed E-state index contributed by atoms with van der Waals surface area (Å²) in [5.41, 5.74) is 2.06. The average molecular weight is 561 g/mol. The Morgan fingerprint density at radius 2 is 1.93 bits per heavy atom. The molecule has 1 unspecified atom stereocenters. The quantitative estimate of drug-likeness (QED) is 0.273. The number of benzene rings is 3. The number of aromatic nitrogens is 2. The van der Waals surface area contributed by atoms with Crippen molar-refractivity contribution in [2.24, 2.45) is 0 Å². The number of ether oxygens (including phenoxy) is 3. The summed E-state index contributed by atoms with van der Waals surface area (Å²) in [5.74, 6) is 1.14. The molecule has 3 aromatic carbocycles. The van der Waals surface area contributed by atoms with Gasteiger partial charge < -0.3 is 24.8 Å². The van der Waals surface area contributed by atoms with E-state index in [0.29, 0.717) is 40.0 Å². The van der Waals surface area contributed by atoms with Gasteiger partial charge in [-0.15, -0.1) is 0 Å². The number of carbonyl (C=O) groups excluding carboxylic acids is 1. The number of hydrogen-bond donors (Lipinski definition) is 2. The third-order valence-corrected chi connectivity index (χ3v) is 6.95. The number of methoxy groups -OCH3 is 1. The molecule has 1 aromatic heterocycles. The van der Waals surface area contributed by atoms with Gasteiger partial charge in [-0.1, -0.05) is 17.7 Å². The van der Waals surface area contributed by atoms with Crippen LogP contribution in [0.3, 0.4) is 0 Å². The van der Waals surface area contributed by atoms with Crippen molar-refractivity contribution >= 4 is 28.9 Å². The molecule has 0 aliphatic carbocycles. The minimum absolute atomic E-state index is 0.0368. The van der Waals surface area contributed by atoms with Crippen molar-refractivity contribution in [3.63, 3.8) is 0 Å². The lowest BCUT2D eigenvalue weighted by Crippen LogP contribution is -2.31. The summed E-state index contributed by atoms with van der Waals surface area (Å²) in [6.07, 6.45) is 3.44. The van der Waals surface area contributed by atoms with Crippen molar-refractivity contribution in [1.29, 1.82) is 0 Å². The van der Waals surface area contributed by atoms with Crippen LogP contribution in [0.5, 0.6) is 17.2 Å². The first-order valence-electron chi connectivity index (χ1n) is 12.9. The van der Waals surface area contributed by atoms with E-state index in [1.807, 2.05) is 6.92 Å². The first-order valence-corrected chi connectivity index (χ1v) is 13.3. The standard InChI is InChI=1S/C30H29ClN4O5/c1-19-15-24(12-13-26(19)31)40-27-18-33-35(22-8-10-23(38-2)11-9-22)30(37)28(27)34-21-6-3-5-20(16-21)29(36)32-17-25-7-4-14-39-25/h3,5-6,8-13,15-16,18,25,34H,4,7,14,17H2,1-2H3,(H,32,36). The highest BCUT2D eigenvalue weighted by molar-refractivity contribution is 6.31. The second-order valence-electron chi connectivity index (χ2n) is 9.36. The second-order valence-corrected chi connectivity index (χ2v) is 9.77. The highest BCUT2D eigenvalue weighted by Crippen LogP contribution is 2.31. The lowest BCUT2D eigenvalue weighted by atomic mass is 10.1.